The van der Waals surface area contributed by atoms with E-state index in [4.69, 9.17) is 14.2 Å². The molecule has 0 heterocycles. The van der Waals surface area contributed by atoms with Crippen LogP contribution in [0.2, 0.25) is 0 Å². The summed E-state index contributed by atoms with van der Waals surface area (Å²) in [6.45, 7) is 15.4. The van der Waals surface area contributed by atoms with Crippen LogP contribution in [0.5, 0.6) is 11.5 Å². The lowest BCUT2D eigenvalue weighted by atomic mass is 9.72. The molecular formula is C31H49BrFNO3. The first-order valence-electron chi connectivity index (χ1n) is 13.3. The van der Waals surface area contributed by atoms with E-state index in [1.807, 2.05) is 12.1 Å². The van der Waals surface area contributed by atoms with Crippen LogP contribution >= 0.6 is 0 Å². The number of halogens is 2. The maximum absolute atomic E-state index is 12.2. The van der Waals surface area contributed by atoms with Gasteiger partial charge in [-0.1, -0.05) is 46.8 Å². The van der Waals surface area contributed by atoms with E-state index >= 15 is 0 Å². The van der Waals surface area contributed by atoms with Crippen LogP contribution in [0, 0.1) is 5.41 Å². The van der Waals surface area contributed by atoms with Crippen molar-refractivity contribution in [1.29, 1.82) is 0 Å². The smallest absolute Gasteiger partial charge is 0.119 e. The topological polar surface area (TPSA) is 27.7 Å². The van der Waals surface area contributed by atoms with Gasteiger partial charge in [0.1, 0.15) is 31.2 Å². The third-order valence-electron chi connectivity index (χ3n) is 6.28. The van der Waals surface area contributed by atoms with Crippen LogP contribution < -0.4 is 26.5 Å². The van der Waals surface area contributed by atoms with E-state index in [0.717, 1.165) is 41.9 Å². The average Bonchev–Trinajstić information content (AvgIpc) is 2.78. The second kappa shape index (κ2) is 15.7. The monoisotopic (exact) mass is 581 g/mol. The second-order valence-electron chi connectivity index (χ2n) is 12.3. The summed E-state index contributed by atoms with van der Waals surface area (Å²) in [5, 5.41) is 0. The Hall–Kier alpha value is -1.63. The summed E-state index contributed by atoms with van der Waals surface area (Å²) < 4.78 is 30.4. The van der Waals surface area contributed by atoms with E-state index < -0.39 is 0 Å². The maximum atomic E-state index is 12.2. The van der Waals surface area contributed by atoms with Crippen molar-refractivity contribution in [3.63, 3.8) is 0 Å². The Kier molecular flexibility index (Phi) is 14.2. The Balaban J connectivity index is 0.00000684. The van der Waals surface area contributed by atoms with Crippen molar-refractivity contribution >= 4 is 0 Å². The van der Waals surface area contributed by atoms with Crippen molar-refractivity contribution in [2.24, 2.45) is 5.41 Å². The number of ether oxygens (including phenoxy) is 3. The predicted molar refractivity (Wildman–Crippen MR) is 148 cm³/mol. The second-order valence-corrected chi connectivity index (χ2v) is 12.3. The van der Waals surface area contributed by atoms with Crippen LogP contribution in [0.25, 0.3) is 0 Å². The van der Waals surface area contributed by atoms with Crippen LogP contribution in [0.4, 0.5) is 4.39 Å². The minimum Gasteiger partial charge on any atom is -1.00 e. The molecule has 0 spiro atoms. The molecule has 0 bridgehead atoms. The van der Waals surface area contributed by atoms with Gasteiger partial charge in [-0.25, -0.2) is 0 Å². The van der Waals surface area contributed by atoms with Crippen LogP contribution in [0.3, 0.4) is 0 Å². The molecule has 2 aromatic rings. The summed E-state index contributed by atoms with van der Waals surface area (Å²) in [7, 11) is 4.42. The van der Waals surface area contributed by atoms with Crippen LogP contribution in [0.15, 0.2) is 48.5 Å². The number of quaternary nitrogens is 1. The van der Waals surface area contributed by atoms with Crippen molar-refractivity contribution < 1.29 is 40.1 Å². The van der Waals surface area contributed by atoms with Crippen molar-refractivity contribution in [3.05, 3.63) is 59.7 Å². The number of benzene rings is 2. The van der Waals surface area contributed by atoms with Crippen molar-refractivity contribution in [3.8, 4) is 11.5 Å². The molecule has 0 aliphatic heterocycles. The third kappa shape index (κ3) is 13.6. The van der Waals surface area contributed by atoms with Gasteiger partial charge in [0, 0.05) is 5.56 Å². The number of unbranched alkanes of at least 4 members (excludes halogenated alkanes) is 1. The molecular weight excluding hydrogens is 533 g/mol. The average molecular weight is 583 g/mol. The summed E-state index contributed by atoms with van der Waals surface area (Å²) in [6, 6.07) is 16.7. The minimum absolute atomic E-state index is 0. The van der Waals surface area contributed by atoms with Crippen molar-refractivity contribution in [2.75, 3.05) is 53.7 Å². The Morgan fingerprint density at radius 1 is 0.730 bits per heavy atom. The predicted octanol–water partition coefficient (Wildman–Crippen LogP) is 4.20. The summed E-state index contributed by atoms with van der Waals surface area (Å²) in [5.74, 6) is 1.73. The molecule has 4 nitrogen and oxygen atoms in total. The minimum atomic E-state index is -0.281. The number of hydrogen-bond acceptors (Lipinski definition) is 3. The van der Waals surface area contributed by atoms with Gasteiger partial charge < -0.3 is 35.7 Å². The Morgan fingerprint density at radius 3 is 1.86 bits per heavy atom. The Morgan fingerprint density at radius 2 is 1.30 bits per heavy atom. The molecule has 0 unspecified atom stereocenters. The lowest BCUT2D eigenvalue weighted by Crippen LogP contribution is -3.00. The van der Waals surface area contributed by atoms with Crippen LogP contribution in [-0.2, 0) is 16.7 Å². The highest BCUT2D eigenvalue weighted by atomic mass is 79.9. The van der Waals surface area contributed by atoms with Crippen LogP contribution in [0.1, 0.15) is 65.0 Å². The lowest BCUT2D eigenvalue weighted by Gasteiger charge is -2.33. The highest BCUT2D eigenvalue weighted by molar-refractivity contribution is 5.32. The molecule has 0 atom stereocenters. The number of likely N-dealkylation sites (N-methyl/N-ethyl adjacent to an activating group) is 1. The largest absolute Gasteiger partial charge is 1.00 e. The fraction of sp³-hybridized carbons (Fsp3) is 0.613. The van der Waals surface area contributed by atoms with E-state index in [0.29, 0.717) is 38.3 Å². The number of rotatable bonds is 16. The molecule has 210 valence electrons. The van der Waals surface area contributed by atoms with Crippen LogP contribution in [-0.4, -0.2) is 58.2 Å². The van der Waals surface area contributed by atoms with Gasteiger partial charge in [-0.15, -0.1) is 0 Å². The Labute approximate surface area is 235 Å². The van der Waals surface area contributed by atoms with Gasteiger partial charge >= 0.3 is 0 Å². The zero-order valence-corrected chi connectivity index (χ0v) is 25.7. The zero-order valence-electron chi connectivity index (χ0n) is 24.1. The van der Waals surface area contributed by atoms with E-state index in [1.54, 1.807) is 0 Å². The lowest BCUT2D eigenvalue weighted by molar-refractivity contribution is -0.904. The van der Waals surface area contributed by atoms with Gasteiger partial charge in [0.15, 0.2) is 0 Å². The fourth-order valence-electron chi connectivity index (χ4n) is 4.71. The van der Waals surface area contributed by atoms with E-state index in [-0.39, 0.29) is 29.1 Å². The van der Waals surface area contributed by atoms with Crippen molar-refractivity contribution in [2.45, 2.75) is 65.8 Å². The molecule has 0 radical (unpaired) electrons. The molecule has 0 aliphatic carbocycles. The molecule has 0 saturated heterocycles. The normalized spacial score (nSPS) is 12.2. The summed E-state index contributed by atoms with van der Waals surface area (Å²) in [6.07, 6.45) is 2.43. The maximum Gasteiger partial charge on any atom is 0.119 e. The van der Waals surface area contributed by atoms with Gasteiger partial charge in [-0.2, -0.15) is 0 Å². The molecule has 6 heteroatoms. The van der Waals surface area contributed by atoms with Gasteiger partial charge in [-0.05, 0) is 72.1 Å². The third-order valence-corrected chi connectivity index (χ3v) is 6.28. The summed E-state index contributed by atoms with van der Waals surface area (Å²) in [5.41, 5.74) is 3.03. The van der Waals surface area contributed by atoms with Gasteiger partial charge in [0.05, 0.1) is 40.6 Å². The SMILES string of the molecule is CC(C)(C)CC(C)(C)c1ccc(OCCOCC[N+](C)(C)Cc2ccc(OCCCCF)cc2)cc1.[Br-]. The molecule has 0 saturated carbocycles. The van der Waals surface area contributed by atoms with Gasteiger partial charge in [0.25, 0.3) is 0 Å². The Bertz CT molecular complexity index is 877. The highest BCUT2D eigenvalue weighted by Crippen LogP contribution is 2.36. The number of nitrogens with zero attached hydrogens (tertiary/aromatic N) is 1. The van der Waals surface area contributed by atoms with Gasteiger partial charge in [0.2, 0.25) is 0 Å². The molecule has 0 fully saturated rings. The first-order valence-corrected chi connectivity index (χ1v) is 13.3. The molecule has 2 rings (SSSR count). The number of hydrogen-bond donors (Lipinski definition) is 0. The van der Waals surface area contributed by atoms with E-state index in [9.17, 15) is 4.39 Å². The molecule has 0 amide bonds. The number of alkyl halides is 1. The molecule has 0 N–H and O–H groups in total. The van der Waals surface area contributed by atoms with Crippen molar-refractivity contribution in [1.82, 2.24) is 0 Å². The quantitative estimate of drug-likeness (QED) is 0.219. The molecule has 0 aromatic heterocycles. The molecule has 37 heavy (non-hydrogen) atoms. The van der Waals surface area contributed by atoms with Gasteiger partial charge in [-0.3, -0.25) is 4.39 Å². The standard InChI is InChI=1S/C31H49FNO3.BrH/c1-30(2,3)25-31(4,5)27-12-16-29(17-13-27)36-23-22-34-21-19-33(6,7)24-26-10-14-28(15-11-26)35-20-9-8-18-32;/h10-17H,8-9,18-25H2,1-7H3;1H/q+1;/p-1. The van der Waals surface area contributed by atoms with E-state index in [2.05, 4.69) is 85.1 Å². The zero-order chi connectivity index (χ0) is 26.7. The molecule has 0 aliphatic rings. The summed E-state index contributed by atoms with van der Waals surface area (Å²) >= 11 is 0. The fourth-order valence-corrected chi connectivity index (χ4v) is 4.71. The highest BCUT2D eigenvalue weighted by Gasteiger charge is 2.27. The molecule has 2 aromatic carbocycles. The first-order chi connectivity index (χ1) is 16.9. The van der Waals surface area contributed by atoms with E-state index in [1.165, 1.54) is 11.1 Å². The summed E-state index contributed by atoms with van der Waals surface area (Å²) in [4.78, 5) is 0. The first kappa shape index (κ1) is 33.4.